The molecule has 16 heavy (non-hydrogen) atoms. The van der Waals surface area contributed by atoms with Crippen LogP contribution < -0.4 is 11.1 Å². The van der Waals surface area contributed by atoms with Gasteiger partial charge in [-0.2, -0.15) is 0 Å². The molecule has 1 aromatic carbocycles. The fraction of sp³-hybridized carbons (Fsp3) is 0.500. The average molecular weight is 243 g/mol. The summed E-state index contributed by atoms with van der Waals surface area (Å²) >= 11 is 5.65. The van der Waals surface area contributed by atoms with E-state index in [1.165, 1.54) is 6.07 Å². The number of piperidine rings is 1. The quantitative estimate of drug-likeness (QED) is 0.836. The van der Waals surface area contributed by atoms with Crippen molar-refractivity contribution in [1.29, 1.82) is 0 Å². The molecule has 1 aliphatic heterocycles. The minimum atomic E-state index is -0.345. The summed E-state index contributed by atoms with van der Waals surface area (Å²) in [6, 6.07) is 5.24. The van der Waals surface area contributed by atoms with E-state index in [0.717, 1.165) is 24.9 Å². The summed E-state index contributed by atoms with van der Waals surface area (Å²) in [7, 11) is 0. The third kappa shape index (κ3) is 2.54. The molecule has 2 rings (SSSR count). The fourth-order valence-electron chi connectivity index (χ4n) is 2.13. The van der Waals surface area contributed by atoms with Crippen LogP contribution in [0.1, 0.15) is 24.4 Å². The topological polar surface area (TPSA) is 38.0 Å². The largest absolute Gasteiger partial charge is 0.330 e. The smallest absolute Gasteiger partial charge is 0.142 e. The molecule has 3 N–H and O–H groups in total. The van der Waals surface area contributed by atoms with Crippen LogP contribution in [0.2, 0.25) is 5.02 Å². The van der Waals surface area contributed by atoms with Crippen molar-refractivity contribution in [3.05, 3.63) is 34.6 Å². The molecule has 0 aliphatic carbocycles. The van der Waals surface area contributed by atoms with Crippen molar-refractivity contribution in [3.8, 4) is 0 Å². The third-order valence-corrected chi connectivity index (χ3v) is 3.50. The number of halogens is 2. The van der Waals surface area contributed by atoms with E-state index in [1.54, 1.807) is 6.07 Å². The number of rotatable bonds is 2. The number of hydrogen-bond donors (Lipinski definition) is 2. The standard InChI is InChI=1S/C12H16ClFN2/c13-10-3-2-9(5-11(10)14)12-4-1-8(6-15)7-16-12/h2-3,5,8,12,16H,1,4,6-7,15H2. The lowest BCUT2D eigenvalue weighted by Gasteiger charge is -2.29. The Kier molecular flexibility index (Phi) is 3.79. The Bertz CT molecular complexity index is 362. The van der Waals surface area contributed by atoms with E-state index in [0.29, 0.717) is 12.5 Å². The monoisotopic (exact) mass is 242 g/mol. The molecule has 0 bridgehead atoms. The molecule has 4 heteroatoms. The highest BCUT2D eigenvalue weighted by Crippen LogP contribution is 2.27. The summed E-state index contributed by atoms with van der Waals surface area (Å²) in [5.41, 5.74) is 6.58. The van der Waals surface area contributed by atoms with Gasteiger partial charge in [0.2, 0.25) is 0 Å². The van der Waals surface area contributed by atoms with Crippen molar-refractivity contribution in [2.45, 2.75) is 18.9 Å². The van der Waals surface area contributed by atoms with Crippen LogP contribution in [0.25, 0.3) is 0 Å². The zero-order valence-corrected chi connectivity index (χ0v) is 9.80. The molecule has 0 saturated carbocycles. The molecule has 0 aromatic heterocycles. The number of nitrogens with one attached hydrogen (secondary N) is 1. The lowest BCUT2D eigenvalue weighted by Crippen LogP contribution is -2.36. The second-order valence-corrected chi connectivity index (χ2v) is 4.72. The van der Waals surface area contributed by atoms with Crippen molar-refractivity contribution in [2.24, 2.45) is 11.7 Å². The maximum atomic E-state index is 13.3. The van der Waals surface area contributed by atoms with Gasteiger partial charge in [-0.3, -0.25) is 0 Å². The lowest BCUT2D eigenvalue weighted by molar-refractivity contribution is 0.320. The molecule has 2 nitrogen and oxygen atoms in total. The van der Waals surface area contributed by atoms with Crippen LogP contribution in [0, 0.1) is 11.7 Å². The SMILES string of the molecule is NCC1CCC(c2ccc(Cl)c(F)c2)NC1. The molecule has 2 atom stereocenters. The van der Waals surface area contributed by atoms with Gasteiger partial charge in [0, 0.05) is 6.04 Å². The Morgan fingerprint density at radius 3 is 2.81 bits per heavy atom. The van der Waals surface area contributed by atoms with E-state index in [4.69, 9.17) is 17.3 Å². The summed E-state index contributed by atoms with van der Waals surface area (Å²) < 4.78 is 13.3. The van der Waals surface area contributed by atoms with Crippen molar-refractivity contribution in [2.75, 3.05) is 13.1 Å². The maximum absolute atomic E-state index is 13.3. The summed E-state index contributed by atoms with van der Waals surface area (Å²) in [6.07, 6.45) is 2.10. The Morgan fingerprint density at radius 2 is 2.25 bits per heavy atom. The predicted octanol–water partition coefficient (Wildman–Crippen LogP) is 2.48. The molecular weight excluding hydrogens is 227 g/mol. The molecule has 88 valence electrons. The van der Waals surface area contributed by atoms with E-state index in [-0.39, 0.29) is 16.9 Å². The first kappa shape index (κ1) is 11.8. The van der Waals surface area contributed by atoms with Gasteiger partial charge in [-0.1, -0.05) is 17.7 Å². The van der Waals surface area contributed by atoms with Crippen molar-refractivity contribution in [3.63, 3.8) is 0 Å². The van der Waals surface area contributed by atoms with Crippen LogP contribution >= 0.6 is 11.6 Å². The van der Waals surface area contributed by atoms with Gasteiger partial charge in [-0.25, -0.2) is 4.39 Å². The first-order valence-corrected chi connectivity index (χ1v) is 5.97. The molecule has 0 amide bonds. The molecular formula is C12H16ClFN2. The Balaban J connectivity index is 2.05. The molecule has 1 heterocycles. The van der Waals surface area contributed by atoms with Crippen LogP contribution in [-0.4, -0.2) is 13.1 Å². The predicted molar refractivity (Wildman–Crippen MR) is 63.9 cm³/mol. The number of benzene rings is 1. The lowest BCUT2D eigenvalue weighted by atomic mass is 9.91. The first-order chi connectivity index (χ1) is 7.70. The normalized spacial score (nSPS) is 25.7. The van der Waals surface area contributed by atoms with Crippen molar-refractivity contribution >= 4 is 11.6 Å². The molecule has 1 fully saturated rings. The highest BCUT2D eigenvalue weighted by molar-refractivity contribution is 6.30. The Morgan fingerprint density at radius 1 is 1.44 bits per heavy atom. The molecule has 1 aromatic rings. The van der Waals surface area contributed by atoms with Crippen LogP contribution in [0.5, 0.6) is 0 Å². The van der Waals surface area contributed by atoms with E-state index in [1.807, 2.05) is 6.07 Å². The van der Waals surface area contributed by atoms with Crippen LogP contribution in [0.4, 0.5) is 4.39 Å². The maximum Gasteiger partial charge on any atom is 0.142 e. The summed E-state index contributed by atoms with van der Waals surface area (Å²) in [5, 5.41) is 3.57. The fourth-order valence-corrected chi connectivity index (χ4v) is 2.25. The van der Waals surface area contributed by atoms with Gasteiger partial charge < -0.3 is 11.1 Å². The van der Waals surface area contributed by atoms with Crippen molar-refractivity contribution < 1.29 is 4.39 Å². The Labute approximate surface area is 100.0 Å². The molecule has 1 aliphatic rings. The highest BCUT2D eigenvalue weighted by atomic mass is 35.5. The van der Waals surface area contributed by atoms with E-state index in [9.17, 15) is 4.39 Å². The second-order valence-electron chi connectivity index (χ2n) is 4.31. The third-order valence-electron chi connectivity index (χ3n) is 3.20. The van der Waals surface area contributed by atoms with Gasteiger partial charge in [0.25, 0.3) is 0 Å². The summed E-state index contributed by atoms with van der Waals surface area (Å²) in [4.78, 5) is 0. The van der Waals surface area contributed by atoms with Crippen LogP contribution in [-0.2, 0) is 0 Å². The summed E-state index contributed by atoms with van der Waals surface area (Å²) in [5.74, 6) is 0.204. The van der Waals surface area contributed by atoms with Crippen molar-refractivity contribution in [1.82, 2.24) is 5.32 Å². The van der Waals surface area contributed by atoms with E-state index in [2.05, 4.69) is 5.32 Å². The van der Waals surface area contributed by atoms with Gasteiger partial charge in [0.05, 0.1) is 5.02 Å². The van der Waals surface area contributed by atoms with Gasteiger partial charge >= 0.3 is 0 Å². The first-order valence-electron chi connectivity index (χ1n) is 5.59. The van der Waals surface area contributed by atoms with Gasteiger partial charge in [-0.15, -0.1) is 0 Å². The number of nitrogens with two attached hydrogens (primary N) is 1. The van der Waals surface area contributed by atoms with Gasteiger partial charge in [0.1, 0.15) is 5.82 Å². The average Bonchev–Trinajstić information content (AvgIpc) is 2.33. The van der Waals surface area contributed by atoms with Gasteiger partial charge in [-0.05, 0) is 49.5 Å². The molecule has 0 spiro atoms. The van der Waals surface area contributed by atoms with Crippen LogP contribution in [0.3, 0.4) is 0 Å². The van der Waals surface area contributed by atoms with E-state index >= 15 is 0 Å². The second kappa shape index (κ2) is 5.13. The van der Waals surface area contributed by atoms with Gasteiger partial charge in [0.15, 0.2) is 0 Å². The Hall–Kier alpha value is -0.640. The summed E-state index contributed by atoms with van der Waals surface area (Å²) in [6.45, 7) is 1.63. The molecule has 2 unspecified atom stereocenters. The zero-order chi connectivity index (χ0) is 11.5. The number of hydrogen-bond acceptors (Lipinski definition) is 2. The minimum absolute atomic E-state index is 0.180. The van der Waals surface area contributed by atoms with E-state index < -0.39 is 0 Å². The van der Waals surface area contributed by atoms with Crippen LogP contribution in [0.15, 0.2) is 18.2 Å². The highest BCUT2D eigenvalue weighted by Gasteiger charge is 2.21. The molecule has 0 radical (unpaired) electrons. The minimum Gasteiger partial charge on any atom is -0.330 e. The molecule has 1 saturated heterocycles. The zero-order valence-electron chi connectivity index (χ0n) is 9.05.